The summed E-state index contributed by atoms with van der Waals surface area (Å²) in [6.45, 7) is 9.88. The maximum atomic E-state index is 12.2. The molecule has 7 atom stereocenters. The first-order valence-corrected chi connectivity index (χ1v) is 10.8. The fraction of sp³-hybridized carbons (Fsp3) is 0.826. The lowest BCUT2D eigenvalue weighted by molar-refractivity contribution is -0.301. The average molecular weight is 407 g/mol. The lowest BCUT2D eigenvalue weighted by atomic mass is 9.40. The molecule has 6 nitrogen and oxygen atoms in total. The molecule has 3 aliphatic carbocycles. The smallest absolute Gasteiger partial charge is 0.333 e. The molecular weight excluding hydrogens is 372 g/mol. The molecule has 0 amide bonds. The SMILES string of the molecule is CO[C@@]12C[C@H]3[C@@H](CC[C@@]4(O)C(C)(C)CC[C@H](OC(C)=O)[C@]34C)[C@@H](C)C1=CC(=O)O2. The van der Waals surface area contributed by atoms with Crippen LogP contribution in [0.15, 0.2) is 11.6 Å². The summed E-state index contributed by atoms with van der Waals surface area (Å²) in [5.41, 5.74) is -1.06. The van der Waals surface area contributed by atoms with Gasteiger partial charge in [0.15, 0.2) is 0 Å². The predicted molar refractivity (Wildman–Crippen MR) is 106 cm³/mol. The van der Waals surface area contributed by atoms with Crippen molar-refractivity contribution in [1.29, 1.82) is 0 Å². The zero-order valence-electron chi connectivity index (χ0n) is 18.4. The van der Waals surface area contributed by atoms with Gasteiger partial charge in [0, 0.05) is 37.5 Å². The van der Waals surface area contributed by atoms with Gasteiger partial charge in [-0.2, -0.15) is 0 Å². The number of fused-ring (bicyclic) bond motifs is 4. The van der Waals surface area contributed by atoms with Crippen LogP contribution in [-0.4, -0.2) is 41.6 Å². The monoisotopic (exact) mass is 406 g/mol. The fourth-order valence-electron chi connectivity index (χ4n) is 7.40. The Morgan fingerprint density at radius 2 is 1.93 bits per heavy atom. The Morgan fingerprint density at radius 1 is 1.24 bits per heavy atom. The molecule has 0 aromatic heterocycles. The van der Waals surface area contributed by atoms with Gasteiger partial charge in [-0.25, -0.2) is 4.79 Å². The van der Waals surface area contributed by atoms with E-state index in [1.165, 1.54) is 6.92 Å². The van der Waals surface area contributed by atoms with Gasteiger partial charge in [-0.3, -0.25) is 4.79 Å². The van der Waals surface area contributed by atoms with E-state index in [1.807, 2.05) is 0 Å². The minimum atomic E-state index is -1.08. The van der Waals surface area contributed by atoms with Gasteiger partial charge < -0.3 is 19.3 Å². The first-order chi connectivity index (χ1) is 13.4. The summed E-state index contributed by atoms with van der Waals surface area (Å²) < 4.78 is 17.4. The van der Waals surface area contributed by atoms with Crippen LogP contribution in [0.2, 0.25) is 0 Å². The van der Waals surface area contributed by atoms with Gasteiger partial charge in [-0.15, -0.1) is 0 Å². The normalized spacial score (nSPS) is 48.0. The first-order valence-electron chi connectivity index (χ1n) is 10.8. The highest BCUT2D eigenvalue weighted by Gasteiger charge is 2.72. The van der Waals surface area contributed by atoms with Crippen LogP contribution >= 0.6 is 0 Å². The van der Waals surface area contributed by atoms with E-state index in [2.05, 4.69) is 27.7 Å². The van der Waals surface area contributed by atoms with Gasteiger partial charge in [-0.1, -0.05) is 27.7 Å². The largest absolute Gasteiger partial charge is 0.462 e. The van der Waals surface area contributed by atoms with Gasteiger partial charge in [0.1, 0.15) is 6.10 Å². The summed E-state index contributed by atoms with van der Waals surface area (Å²) in [6.07, 6.45) is 4.70. The number of rotatable bonds is 2. The number of hydrogen-bond acceptors (Lipinski definition) is 6. The van der Waals surface area contributed by atoms with Crippen molar-refractivity contribution in [3.63, 3.8) is 0 Å². The Bertz CT molecular complexity index is 771. The van der Waals surface area contributed by atoms with Gasteiger partial charge in [0.05, 0.1) is 5.60 Å². The predicted octanol–water partition coefficient (Wildman–Crippen LogP) is 3.37. The zero-order chi connectivity index (χ0) is 21.4. The second kappa shape index (κ2) is 6.30. The Hall–Kier alpha value is -1.40. The Labute approximate surface area is 173 Å². The fourth-order valence-corrected chi connectivity index (χ4v) is 7.40. The van der Waals surface area contributed by atoms with E-state index >= 15 is 0 Å². The summed E-state index contributed by atoms with van der Waals surface area (Å²) >= 11 is 0. The molecule has 4 aliphatic rings. The minimum Gasteiger partial charge on any atom is -0.462 e. The third kappa shape index (κ3) is 2.54. The molecule has 6 heteroatoms. The Morgan fingerprint density at radius 3 is 2.55 bits per heavy atom. The zero-order valence-corrected chi connectivity index (χ0v) is 18.4. The lowest BCUT2D eigenvalue weighted by Crippen LogP contribution is -2.72. The molecule has 0 saturated heterocycles. The molecule has 0 radical (unpaired) electrons. The van der Waals surface area contributed by atoms with Crippen LogP contribution in [0.25, 0.3) is 0 Å². The highest BCUT2D eigenvalue weighted by atomic mass is 16.7. The van der Waals surface area contributed by atoms with Crippen molar-refractivity contribution < 1.29 is 28.9 Å². The van der Waals surface area contributed by atoms with E-state index in [-0.39, 0.29) is 41.2 Å². The summed E-state index contributed by atoms with van der Waals surface area (Å²) in [4.78, 5) is 24.1. The third-order valence-electron chi connectivity index (χ3n) is 9.08. The molecule has 0 aromatic carbocycles. The van der Waals surface area contributed by atoms with E-state index in [9.17, 15) is 14.7 Å². The van der Waals surface area contributed by atoms with Crippen LogP contribution in [0.5, 0.6) is 0 Å². The summed E-state index contributed by atoms with van der Waals surface area (Å²) in [5.74, 6) is -1.43. The van der Waals surface area contributed by atoms with Crippen molar-refractivity contribution in [3.05, 3.63) is 11.6 Å². The molecule has 1 heterocycles. The average Bonchev–Trinajstić information content (AvgIpc) is 2.98. The molecule has 4 rings (SSSR count). The molecule has 0 aromatic rings. The summed E-state index contributed by atoms with van der Waals surface area (Å²) in [6, 6.07) is 0. The molecule has 0 bridgehead atoms. The molecular formula is C23H34O6. The Balaban J connectivity index is 1.85. The summed E-state index contributed by atoms with van der Waals surface area (Å²) in [7, 11) is 1.57. The van der Waals surface area contributed by atoms with Crippen molar-refractivity contribution in [3.8, 4) is 0 Å². The van der Waals surface area contributed by atoms with E-state index in [4.69, 9.17) is 14.2 Å². The van der Waals surface area contributed by atoms with Crippen molar-refractivity contribution >= 4 is 11.9 Å². The van der Waals surface area contributed by atoms with Crippen molar-refractivity contribution in [1.82, 2.24) is 0 Å². The third-order valence-corrected chi connectivity index (χ3v) is 9.08. The van der Waals surface area contributed by atoms with Gasteiger partial charge in [0.2, 0.25) is 5.79 Å². The van der Waals surface area contributed by atoms with Crippen molar-refractivity contribution in [2.45, 2.75) is 84.2 Å². The van der Waals surface area contributed by atoms with Crippen LogP contribution in [0, 0.1) is 28.6 Å². The topological polar surface area (TPSA) is 82.1 Å². The number of carbonyl (C=O) groups is 2. The molecule has 29 heavy (non-hydrogen) atoms. The maximum absolute atomic E-state index is 12.2. The molecule has 0 spiro atoms. The first kappa shape index (κ1) is 20.9. The van der Waals surface area contributed by atoms with Crippen LogP contribution in [-0.2, 0) is 23.8 Å². The highest BCUT2D eigenvalue weighted by molar-refractivity contribution is 5.86. The number of esters is 2. The van der Waals surface area contributed by atoms with Crippen LogP contribution in [0.1, 0.15) is 66.7 Å². The van der Waals surface area contributed by atoms with Gasteiger partial charge in [-0.05, 0) is 48.9 Å². The quantitative estimate of drug-likeness (QED) is 0.708. The van der Waals surface area contributed by atoms with E-state index in [1.54, 1.807) is 13.2 Å². The minimum absolute atomic E-state index is 0.0109. The second-order valence-corrected chi connectivity index (χ2v) is 10.4. The number of aliphatic hydroxyl groups is 1. The van der Waals surface area contributed by atoms with Gasteiger partial charge >= 0.3 is 11.9 Å². The van der Waals surface area contributed by atoms with Gasteiger partial charge in [0.25, 0.3) is 0 Å². The van der Waals surface area contributed by atoms with E-state index in [0.717, 1.165) is 18.4 Å². The van der Waals surface area contributed by atoms with E-state index in [0.29, 0.717) is 19.3 Å². The van der Waals surface area contributed by atoms with Crippen molar-refractivity contribution in [2.24, 2.45) is 28.6 Å². The van der Waals surface area contributed by atoms with Crippen LogP contribution in [0.3, 0.4) is 0 Å². The second-order valence-electron chi connectivity index (χ2n) is 10.4. The number of hydrogen-bond donors (Lipinski definition) is 1. The lowest BCUT2D eigenvalue weighted by Gasteiger charge is -2.68. The van der Waals surface area contributed by atoms with Crippen LogP contribution in [0.4, 0.5) is 0 Å². The molecule has 3 fully saturated rings. The van der Waals surface area contributed by atoms with Crippen LogP contribution < -0.4 is 0 Å². The molecule has 0 unspecified atom stereocenters. The number of carbonyl (C=O) groups excluding carboxylic acids is 2. The molecule has 1 N–H and O–H groups in total. The van der Waals surface area contributed by atoms with Crippen molar-refractivity contribution in [2.75, 3.05) is 7.11 Å². The molecule has 3 saturated carbocycles. The highest BCUT2D eigenvalue weighted by Crippen LogP contribution is 2.69. The molecule has 1 aliphatic heterocycles. The Kier molecular flexibility index (Phi) is 4.53. The van der Waals surface area contributed by atoms with E-state index < -0.39 is 16.8 Å². The number of methoxy groups -OCH3 is 1. The number of ether oxygens (including phenoxy) is 3. The standard InChI is InChI=1S/C23H34O6/c1-13-15-7-10-23(26)20(3,4)9-8-18(28-14(2)24)21(23,5)17(15)12-22(27-6)16(13)11-19(25)29-22/h11,13,15,17-18,26H,7-10,12H2,1-6H3/t13-,15+,17+,18+,21+,22-,23-/m1/s1. The maximum Gasteiger partial charge on any atom is 0.333 e. The molecule has 162 valence electrons. The summed E-state index contributed by atoms with van der Waals surface area (Å²) in [5, 5.41) is 12.2.